The molecule has 5 aliphatic rings. The molecule has 0 saturated carbocycles. The first-order valence-electron chi connectivity index (χ1n) is 24.3. The van der Waals surface area contributed by atoms with Crippen molar-refractivity contribution < 1.29 is 4.79 Å². The van der Waals surface area contributed by atoms with Crippen LogP contribution in [0.3, 0.4) is 0 Å². The highest BCUT2D eigenvalue weighted by atomic mass is 16.2. The van der Waals surface area contributed by atoms with Gasteiger partial charge in [0.2, 0.25) is 5.91 Å². The van der Waals surface area contributed by atoms with Gasteiger partial charge >= 0.3 is 0 Å². The molecule has 2 fully saturated rings. The SMILES string of the molecule is CC.CC(C)N1CCC(=O)N(C)CC1.CC(C)N1CCCCCC1.CC(C)N1CCn2ccnc2C1.Cc1nc2n(n1)CCN(C(C)C)C2.Cc1nnc2n1CCN(C(C)C)C2. The molecule has 2 saturated heterocycles. The normalized spacial score (nSPS) is 19.0. The van der Waals surface area contributed by atoms with Gasteiger partial charge in [-0.05, 0) is 109 Å². The number of likely N-dealkylation sites (tertiary alicyclic amines) is 1. The molecule has 0 atom stereocenters. The van der Waals surface area contributed by atoms with E-state index in [4.69, 9.17) is 0 Å². The van der Waals surface area contributed by atoms with Crippen molar-refractivity contribution in [1.29, 1.82) is 0 Å². The van der Waals surface area contributed by atoms with Gasteiger partial charge in [-0.25, -0.2) is 14.6 Å². The molecule has 1 amide bonds. The largest absolute Gasteiger partial charge is 0.344 e. The van der Waals surface area contributed by atoms with Crippen LogP contribution in [0.15, 0.2) is 12.4 Å². The fourth-order valence-electron chi connectivity index (χ4n) is 8.19. The molecular weight excluding hydrogens is 777 g/mol. The third-order valence-electron chi connectivity index (χ3n) is 12.6. The van der Waals surface area contributed by atoms with Gasteiger partial charge in [-0.1, -0.05) is 26.7 Å². The van der Waals surface area contributed by atoms with Crippen LogP contribution in [0.25, 0.3) is 0 Å². The second-order valence-electron chi connectivity index (χ2n) is 18.6. The summed E-state index contributed by atoms with van der Waals surface area (Å²) in [6, 6.07) is 3.16. The molecule has 8 heterocycles. The lowest BCUT2D eigenvalue weighted by molar-refractivity contribution is -0.129. The van der Waals surface area contributed by atoms with Crippen LogP contribution >= 0.6 is 0 Å². The molecule has 0 unspecified atom stereocenters. The maximum Gasteiger partial charge on any atom is 0.223 e. The van der Waals surface area contributed by atoms with Crippen molar-refractivity contribution in [1.82, 2.24) is 68.5 Å². The summed E-state index contributed by atoms with van der Waals surface area (Å²) in [7, 11) is 1.88. The van der Waals surface area contributed by atoms with Crippen LogP contribution in [0.1, 0.15) is 144 Å². The van der Waals surface area contributed by atoms with E-state index in [9.17, 15) is 4.79 Å². The standard InChI is InChI=1S/2C9H16N4.C9H15N3.C9H18N2O.C9H19N.C2H6/c1-7(2)12-4-5-13-8(3)10-11-9(13)6-12;1-7(2)12-4-5-13-9(6-12)10-8(3)11-13;1-8(2)12-6-5-11-4-3-10-9(11)7-12;1-8(2)11-5-4-9(12)10(3)6-7-11;1-9(2)10-7-5-3-4-6-8-10;1-2/h2*7H,4-6H2,1-3H3;3-4,8H,5-7H2,1-2H3;8H,4-7H2,1-3H3;9H,3-8H2,1-2H3;1-2H3. The fraction of sp³-hybridized carbons (Fsp3) is 0.830. The Bertz CT molecular complexity index is 1660. The maximum absolute atomic E-state index is 11.3. The zero-order valence-corrected chi connectivity index (χ0v) is 42.1. The van der Waals surface area contributed by atoms with Gasteiger partial charge in [0.05, 0.1) is 26.2 Å². The molecule has 62 heavy (non-hydrogen) atoms. The number of fused-ring (bicyclic) bond motifs is 3. The highest BCUT2D eigenvalue weighted by Crippen LogP contribution is 2.16. The summed E-state index contributed by atoms with van der Waals surface area (Å²) < 4.78 is 6.46. The quantitative estimate of drug-likeness (QED) is 0.277. The Kier molecular flexibility index (Phi) is 23.3. The number of rotatable bonds is 5. The van der Waals surface area contributed by atoms with Gasteiger partial charge in [-0.15, -0.1) is 10.2 Å². The molecule has 15 nitrogen and oxygen atoms in total. The summed E-state index contributed by atoms with van der Waals surface area (Å²) in [5.74, 6) is 5.63. The van der Waals surface area contributed by atoms with Crippen LogP contribution in [-0.4, -0.2) is 164 Å². The van der Waals surface area contributed by atoms with Gasteiger partial charge in [0.25, 0.3) is 0 Å². The summed E-state index contributed by atoms with van der Waals surface area (Å²) >= 11 is 0. The third-order valence-corrected chi connectivity index (χ3v) is 12.6. The Morgan fingerprint density at radius 1 is 0.532 bits per heavy atom. The van der Waals surface area contributed by atoms with Gasteiger partial charge < -0.3 is 18.9 Å². The van der Waals surface area contributed by atoms with Crippen molar-refractivity contribution in [3.05, 3.63) is 41.5 Å². The smallest absolute Gasteiger partial charge is 0.223 e. The average molecular weight is 867 g/mol. The summed E-state index contributed by atoms with van der Waals surface area (Å²) in [6.07, 6.45) is 10.4. The highest BCUT2D eigenvalue weighted by Gasteiger charge is 2.23. The van der Waals surface area contributed by atoms with Crippen molar-refractivity contribution in [2.45, 2.75) is 199 Å². The molecule has 0 aliphatic carbocycles. The van der Waals surface area contributed by atoms with Crippen molar-refractivity contribution >= 4 is 5.91 Å². The first-order valence-corrected chi connectivity index (χ1v) is 24.3. The molecular formula is C47H90N14O. The minimum atomic E-state index is 0.276. The van der Waals surface area contributed by atoms with Crippen molar-refractivity contribution in [3.63, 3.8) is 0 Å². The lowest BCUT2D eigenvalue weighted by Crippen LogP contribution is -2.38. The topological polar surface area (TPSA) is 116 Å². The zero-order chi connectivity index (χ0) is 45.9. The van der Waals surface area contributed by atoms with Crippen LogP contribution in [-0.2, 0) is 44.1 Å². The zero-order valence-electron chi connectivity index (χ0n) is 42.1. The molecule has 3 aromatic rings. The Balaban J connectivity index is 0.000000205. The van der Waals surface area contributed by atoms with Gasteiger partial charge in [0.15, 0.2) is 0 Å². The fourth-order valence-corrected chi connectivity index (χ4v) is 8.19. The Labute approximate surface area is 377 Å². The number of carbonyl (C=O) groups excluding carboxylic acids is 1. The minimum Gasteiger partial charge on any atom is -0.344 e. The van der Waals surface area contributed by atoms with Gasteiger partial charge in [-0.3, -0.25) is 24.4 Å². The van der Waals surface area contributed by atoms with E-state index in [1.165, 1.54) is 44.6 Å². The molecule has 5 aliphatic heterocycles. The van der Waals surface area contributed by atoms with Crippen molar-refractivity contribution in [2.75, 3.05) is 59.4 Å². The number of amides is 1. The Morgan fingerprint density at radius 2 is 1.03 bits per heavy atom. The van der Waals surface area contributed by atoms with Crippen LogP contribution in [0.4, 0.5) is 0 Å². The number of imidazole rings is 1. The van der Waals surface area contributed by atoms with E-state index in [0.717, 1.165) is 108 Å². The lowest BCUT2D eigenvalue weighted by atomic mass is 10.2. The van der Waals surface area contributed by atoms with Gasteiger partial charge in [0.1, 0.15) is 29.1 Å². The maximum atomic E-state index is 11.3. The summed E-state index contributed by atoms with van der Waals surface area (Å²) in [6.45, 7) is 45.1. The van der Waals surface area contributed by atoms with E-state index in [2.05, 4.69) is 134 Å². The van der Waals surface area contributed by atoms with Crippen molar-refractivity contribution in [2.24, 2.45) is 0 Å². The monoisotopic (exact) mass is 867 g/mol. The molecule has 354 valence electrons. The summed E-state index contributed by atoms with van der Waals surface area (Å²) in [4.78, 5) is 34.0. The lowest BCUT2D eigenvalue weighted by Gasteiger charge is -2.30. The molecule has 0 radical (unpaired) electrons. The van der Waals surface area contributed by atoms with E-state index >= 15 is 0 Å². The second-order valence-corrected chi connectivity index (χ2v) is 18.6. The summed E-state index contributed by atoms with van der Waals surface area (Å²) in [5.41, 5.74) is 0. The first-order chi connectivity index (χ1) is 29.5. The van der Waals surface area contributed by atoms with E-state index in [-0.39, 0.29) is 5.91 Å². The van der Waals surface area contributed by atoms with Gasteiger partial charge in [0, 0.05) is 108 Å². The van der Waals surface area contributed by atoms with Crippen LogP contribution in [0, 0.1) is 13.8 Å². The first kappa shape index (κ1) is 53.1. The van der Waals surface area contributed by atoms with E-state index < -0.39 is 0 Å². The van der Waals surface area contributed by atoms with Crippen LogP contribution in [0.2, 0.25) is 0 Å². The molecule has 0 N–H and O–H groups in total. The van der Waals surface area contributed by atoms with Crippen LogP contribution < -0.4 is 0 Å². The van der Waals surface area contributed by atoms with Gasteiger partial charge in [-0.2, -0.15) is 5.10 Å². The minimum absolute atomic E-state index is 0.276. The Morgan fingerprint density at radius 3 is 1.61 bits per heavy atom. The number of carbonyl (C=O) groups is 1. The predicted molar refractivity (Wildman–Crippen MR) is 254 cm³/mol. The number of aryl methyl sites for hydroxylation is 2. The van der Waals surface area contributed by atoms with Crippen molar-refractivity contribution in [3.8, 4) is 0 Å². The number of nitrogens with zero attached hydrogens (tertiary/aromatic N) is 14. The molecule has 0 aromatic carbocycles. The van der Waals surface area contributed by atoms with Crippen LogP contribution in [0.5, 0.6) is 0 Å². The summed E-state index contributed by atoms with van der Waals surface area (Å²) in [5, 5.41) is 12.6. The van der Waals surface area contributed by atoms with E-state index in [0.29, 0.717) is 30.6 Å². The second kappa shape index (κ2) is 27.2. The highest BCUT2D eigenvalue weighted by molar-refractivity contribution is 5.76. The average Bonchev–Trinajstić information content (AvgIpc) is 3.87. The number of hydrogen-bond donors (Lipinski definition) is 0. The molecule has 3 aromatic heterocycles. The molecule has 15 heteroatoms. The number of aromatic nitrogens is 8. The van der Waals surface area contributed by atoms with E-state index in [1.54, 1.807) is 0 Å². The number of likely N-dealkylation sites (N-methyl/N-ethyl adjacent to an activating group) is 1. The molecule has 0 spiro atoms. The third kappa shape index (κ3) is 17.0. The number of hydrogen-bond acceptors (Lipinski definition) is 11. The molecule has 0 bridgehead atoms. The predicted octanol–water partition coefficient (Wildman–Crippen LogP) is 6.58. The Hall–Kier alpha value is -3.24. The molecule has 8 rings (SSSR count). The van der Waals surface area contributed by atoms with E-state index in [1.807, 2.05) is 50.5 Å².